The summed E-state index contributed by atoms with van der Waals surface area (Å²) < 4.78 is 0. The minimum Gasteiger partial charge on any atom is -0.481 e. The van der Waals surface area contributed by atoms with Gasteiger partial charge < -0.3 is 31.9 Å². The molecule has 0 heterocycles. The van der Waals surface area contributed by atoms with Gasteiger partial charge in [0.2, 0.25) is 17.7 Å². The van der Waals surface area contributed by atoms with Gasteiger partial charge in [-0.2, -0.15) is 0 Å². The van der Waals surface area contributed by atoms with E-state index in [1.165, 1.54) is 0 Å². The summed E-state index contributed by atoms with van der Waals surface area (Å²) in [5.41, 5.74) is 7.39. The number of benzene rings is 2. The second kappa shape index (κ2) is 13.5. The molecule has 2 rings (SSSR count). The first kappa shape index (κ1) is 27.0. The molecular weight excluding hydrogens is 456 g/mol. The first-order valence-electron chi connectivity index (χ1n) is 10.8. The van der Waals surface area contributed by atoms with E-state index in [1.807, 2.05) is 0 Å². The van der Waals surface area contributed by atoms with Crippen LogP contribution in [0.2, 0.25) is 0 Å². The number of carboxylic acid groups (broad SMARTS) is 2. The summed E-state index contributed by atoms with van der Waals surface area (Å²) in [5.74, 6) is -5.04. The van der Waals surface area contributed by atoms with Crippen molar-refractivity contribution in [2.75, 3.05) is 6.54 Å². The molecule has 0 aliphatic rings. The summed E-state index contributed by atoms with van der Waals surface area (Å²) in [6, 6.07) is 13.8. The van der Waals surface area contributed by atoms with E-state index >= 15 is 0 Å². The molecule has 0 aromatic heterocycles. The SMILES string of the molecule is NC(Cc1ccccc1)C(=O)NC(CC(=O)O)C(=O)NC(Cc1ccccc1)C(=O)NCC(=O)O. The van der Waals surface area contributed by atoms with Crippen LogP contribution in [0.15, 0.2) is 60.7 Å². The third-order valence-corrected chi connectivity index (χ3v) is 4.98. The van der Waals surface area contributed by atoms with E-state index < -0.39 is 60.8 Å². The zero-order valence-corrected chi connectivity index (χ0v) is 18.8. The second-order valence-electron chi connectivity index (χ2n) is 7.82. The van der Waals surface area contributed by atoms with Gasteiger partial charge in [-0.05, 0) is 17.5 Å². The molecule has 7 N–H and O–H groups in total. The van der Waals surface area contributed by atoms with Crippen molar-refractivity contribution in [1.82, 2.24) is 16.0 Å². The molecular formula is C24H28N4O7. The van der Waals surface area contributed by atoms with Gasteiger partial charge in [0.05, 0.1) is 12.5 Å². The fourth-order valence-electron chi connectivity index (χ4n) is 3.24. The predicted molar refractivity (Wildman–Crippen MR) is 125 cm³/mol. The Bertz CT molecular complexity index is 1030. The Morgan fingerprint density at radius 3 is 1.71 bits per heavy atom. The van der Waals surface area contributed by atoms with Crippen molar-refractivity contribution in [1.29, 1.82) is 0 Å². The molecule has 2 aromatic rings. The molecule has 0 fully saturated rings. The summed E-state index contributed by atoms with van der Waals surface area (Å²) >= 11 is 0. The molecule has 2 aromatic carbocycles. The number of nitrogens with two attached hydrogens (primary N) is 1. The Morgan fingerprint density at radius 1 is 0.686 bits per heavy atom. The minimum absolute atomic E-state index is 0.0132. The number of carboxylic acids is 2. The molecule has 186 valence electrons. The fourth-order valence-corrected chi connectivity index (χ4v) is 3.24. The smallest absolute Gasteiger partial charge is 0.322 e. The molecule has 11 heteroatoms. The highest BCUT2D eigenvalue weighted by Crippen LogP contribution is 2.06. The fraction of sp³-hybridized carbons (Fsp3) is 0.292. The summed E-state index contributed by atoms with van der Waals surface area (Å²) in [6.07, 6.45) is -0.563. The monoisotopic (exact) mass is 484 g/mol. The van der Waals surface area contributed by atoms with Crippen LogP contribution in [0.1, 0.15) is 17.5 Å². The lowest BCUT2D eigenvalue weighted by Gasteiger charge is -2.23. The molecule has 0 aliphatic heterocycles. The van der Waals surface area contributed by atoms with Gasteiger partial charge in [0, 0.05) is 6.42 Å². The normalized spacial score (nSPS) is 13.1. The molecule has 0 aliphatic carbocycles. The highest BCUT2D eigenvalue weighted by molar-refractivity contribution is 5.95. The Morgan fingerprint density at radius 2 is 1.20 bits per heavy atom. The maximum Gasteiger partial charge on any atom is 0.322 e. The van der Waals surface area contributed by atoms with Crippen molar-refractivity contribution in [2.45, 2.75) is 37.4 Å². The van der Waals surface area contributed by atoms with E-state index in [2.05, 4.69) is 16.0 Å². The zero-order valence-electron chi connectivity index (χ0n) is 18.8. The molecule has 0 saturated heterocycles. The highest BCUT2D eigenvalue weighted by Gasteiger charge is 2.30. The van der Waals surface area contributed by atoms with E-state index in [0.29, 0.717) is 5.56 Å². The standard InChI is InChI=1S/C24H28N4O7/c25-17(11-15-7-3-1-4-8-15)22(33)27-19(13-20(29)30)24(35)28-18(23(34)26-14-21(31)32)12-16-9-5-2-6-10-16/h1-10,17-19H,11-14,25H2,(H,26,34)(H,27,33)(H,28,35)(H,29,30)(H,31,32). The predicted octanol–water partition coefficient (Wildman–Crippen LogP) is -0.556. The van der Waals surface area contributed by atoms with Gasteiger partial charge in [-0.1, -0.05) is 60.7 Å². The molecule has 35 heavy (non-hydrogen) atoms. The molecule has 0 radical (unpaired) electrons. The minimum atomic E-state index is -1.51. The quantitative estimate of drug-likeness (QED) is 0.218. The number of carbonyl (C=O) groups excluding carboxylic acids is 3. The number of rotatable bonds is 13. The summed E-state index contributed by atoms with van der Waals surface area (Å²) in [4.78, 5) is 60.2. The van der Waals surface area contributed by atoms with E-state index in [-0.39, 0.29) is 12.8 Å². The van der Waals surface area contributed by atoms with Crippen LogP contribution in [0, 0.1) is 0 Å². The Labute approximate surface area is 201 Å². The van der Waals surface area contributed by atoms with Crippen molar-refractivity contribution in [2.24, 2.45) is 5.73 Å². The third-order valence-electron chi connectivity index (χ3n) is 4.98. The van der Waals surface area contributed by atoms with Crippen LogP contribution in [-0.2, 0) is 36.8 Å². The van der Waals surface area contributed by atoms with Gasteiger partial charge in [0.25, 0.3) is 0 Å². The molecule has 0 bridgehead atoms. The van der Waals surface area contributed by atoms with Crippen LogP contribution in [-0.4, -0.2) is 64.5 Å². The van der Waals surface area contributed by atoms with Crippen molar-refractivity contribution < 1.29 is 34.2 Å². The number of nitrogens with one attached hydrogen (secondary N) is 3. The number of amides is 3. The van der Waals surface area contributed by atoms with Crippen LogP contribution in [0.25, 0.3) is 0 Å². The van der Waals surface area contributed by atoms with Gasteiger partial charge >= 0.3 is 11.9 Å². The van der Waals surface area contributed by atoms with Crippen LogP contribution in [0.4, 0.5) is 0 Å². The third kappa shape index (κ3) is 9.64. The molecule has 3 unspecified atom stereocenters. The zero-order chi connectivity index (χ0) is 25.8. The molecule has 0 spiro atoms. The second-order valence-corrected chi connectivity index (χ2v) is 7.82. The molecule has 3 amide bonds. The lowest BCUT2D eigenvalue weighted by molar-refractivity contribution is -0.141. The van der Waals surface area contributed by atoms with Gasteiger partial charge in [-0.3, -0.25) is 24.0 Å². The van der Waals surface area contributed by atoms with E-state index in [1.54, 1.807) is 60.7 Å². The largest absolute Gasteiger partial charge is 0.481 e. The van der Waals surface area contributed by atoms with Gasteiger partial charge in [0.1, 0.15) is 18.6 Å². The van der Waals surface area contributed by atoms with Crippen molar-refractivity contribution in [3.05, 3.63) is 71.8 Å². The van der Waals surface area contributed by atoms with Gasteiger partial charge in [-0.15, -0.1) is 0 Å². The molecule has 0 saturated carbocycles. The maximum atomic E-state index is 12.9. The Hall–Kier alpha value is -4.25. The van der Waals surface area contributed by atoms with Crippen molar-refractivity contribution in [3.8, 4) is 0 Å². The number of hydrogen-bond donors (Lipinski definition) is 6. The molecule has 11 nitrogen and oxygen atoms in total. The van der Waals surface area contributed by atoms with E-state index in [0.717, 1.165) is 5.56 Å². The van der Waals surface area contributed by atoms with Crippen LogP contribution in [0.3, 0.4) is 0 Å². The average Bonchev–Trinajstić information content (AvgIpc) is 2.82. The maximum absolute atomic E-state index is 12.9. The highest BCUT2D eigenvalue weighted by atomic mass is 16.4. The lowest BCUT2D eigenvalue weighted by atomic mass is 10.0. The first-order valence-corrected chi connectivity index (χ1v) is 10.8. The van der Waals surface area contributed by atoms with E-state index in [9.17, 15) is 29.1 Å². The first-order chi connectivity index (χ1) is 16.7. The number of aliphatic carboxylic acids is 2. The van der Waals surface area contributed by atoms with Crippen molar-refractivity contribution >= 4 is 29.7 Å². The van der Waals surface area contributed by atoms with Gasteiger partial charge in [-0.25, -0.2) is 0 Å². The number of carbonyl (C=O) groups is 5. The summed E-state index contributed by atoms with van der Waals surface area (Å²) in [6.45, 7) is -0.663. The van der Waals surface area contributed by atoms with Crippen LogP contribution in [0.5, 0.6) is 0 Å². The summed E-state index contributed by atoms with van der Waals surface area (Å²) in [5, 5.41) is 25.0. The number of hydrogen-bond acceptors (Lipinski definition) is 6. The lowest BCUT2D eigenvalue weighted by Crippen LogP contribution is -2.57. The Balaban J connectivity index is 2.12. The Kier molecular flexibility index (Phi) is 10.4. The average molecular weight is 485 g/mol. The molecule has 3 atom stereocenters. The van der Waals surface area contributed by atoms with Crippen LogP contribution < -0.4 is 21.7 Å². The van der Waals surface area contributed by atoms with Gasteiger partial charge in [0.15, 0.2) is 0 Å². The van der Waals surface area contributed by atoms with Crippen LogP contribution >= 0.6 is 0 Å². The summed E-state index contributed by atoms with van der Waals surface area (Å²) in [7, 11) is 0. The topological polar surface area (TPSA) is 188 Å². The van der Waals surface area contributed by atoms with Crippen molar-refractivity contribution in [3.63, 3.8) is 0 Å². The van der Waals surface area contributed by atoms with E-state index in [4.69, 9.17) is 10.8 Å².